The summed E-state index contributed by atoms with van der Waals surface area (Å²) < 4.78 is 11.4. The van der Waals surface area contributed by atoms with Gasteiger partial charge in [0.25, 0.3) is 5.91 Å². The maximum absolute atomic E-state index is 12.9. The van der Waals surface area contributed by atoms with E-state index in [1.165, 1.54) is 35.1 Å². The number of aromatic nitrogens is 5. The molecule has 4 N–H and O–H groups in total. The molecule has 0 bridgehead atoms. The van der Waals surface area contributed by atoms with E-state index in [-0.39, 0.29) is 17.3 Å². The number of nitrogen functional groups attached to an aromatic ring is 1. The van der Waals surface area contributed by atoms with Crippen LogP contribution in [-0.4, -0.2) is 50.5 Å². The minimum absolute atomic E-state index is 0.0696. The number of nitrogens with one attached hydrogen (secondary N) is 2. The molecule has 3 aromatic heterocycles. The van der Waals surface area contributed by atoms with Gasteiger partial charge in [-0.25, -0.2) is 10.1 Å². The highest BCUT2D eigenvalue weighted by atomic mass is 16.6. The summed E-state index contributed by atoms with van der Waals surface area (Å²) in [6.07, 6.45) is 10.9. The molecular formula is C21H28N9O3+. The normalized spacial score (nSPS) is 16.4. The van der Waals surface area contributed by atoms with Crippen LogP contribution in [0.3, 0.4) is 0 Å². The summed E-state index contributed by atoms with van der Waals surface area (Å²) >= 11 is 0. The Morgan fingerprint density at radius 1 is 1.36 bits per heavy atom. The Morgan fingerprint density at radius 3 is 2.88 bits per heavy atom. The number of hydrogen-bond donors (Lipinski definition) is 3. The number of furan rings is 1. The summed E-state index contributed by atoms with van der Waals surface area (Å²) in [5.74, 6) is 0.488. The molecule has 12 nitrogen and oxygen atoms in total. The fourth-order valence-corrected chi connectivity index (χ4v) is 4.03. The zero-order chi connectivity index (χ0) is 23.2. The Kier molecular flexibility index (Phi) is 6.93. The lowest BCUT2D eigenvalue weighted by Crippen LogP contribution is -3.11. The van der Waals surface area contributed by atoms with Crippen LogP contribution >= 0.6 is 0 Å². The molecule has 1 aliphatic carbocycles. The van der Waals surface area contributed by atoms with E-state index in [1.807, 2.05) is 13.0 Å². The molecule has 0 aliphatic heterocycles. The molecule has 1 atom stereocenters. The highest BCUT2D eigenvalue weighted by Crippen LogP contribution is 2.18. The van der Waals surface area contributed by atoms with Crippen molar-refractivity contribution in [2.24, 2.45) is 5.10 Å². The fraction of sp³-hybridized carbons (Fsp3) is 0.429. The van der Waals surface area contributed by atoms with Crippen LogP contribution in [0.5, 0.6) is 0 Å². The molecular weight excluding hydrogens is 426 g/mol. The first-order valence-electron chi connectivity index (χ1n) is 10.9. The number of rotatable bonds is 8. The van der Waals surface area contributed by atoms with Crippen LogP contribution in [0.2, 0.25) is 0 Å². The molecule has 3 aromatic rings. The van der Waals surface area contributed by atoms with Crippen molar-refractivity contribution in [2.75, 3.05) is 12.8 Å². The molecule has 0 radical (unpaired) electrons. The Balaban J connectivity index is 1.54. The molecule has 0 saturated heterocycles. The third-order valence-electron chi connectivity index (χ3n) is 5.77. The maximum Gasteiger partial charge on any atom is 0.294 e. The minimum atomic E-state index is -0.482. The van der Waals surface area contributed by atoms with Gasteiger partial charge < -0.3 is 15.1 Å². The van der Waals surface area contributed by atoms with Crippen molar-refractivity contribution in [3.8, 4) is 5.82 Å². The second-order valence-electron chi connectivity index (χ2n) is 8.23. The van der Waals surface area contributed by atoms with Gasteiger partial charge in [-0.1, -0.05) is 11.6 Å². The van der Waals surface area contributed by atoms with Gasteiger partial charge in [-0.2, -0.15) is 9.78 Å². The van der Waals surface area contributed by atoms with E-state index >= 15 is 0 Å². The van der Waals surface area contributed by atoms with Gasteiger partial charge in [-0.3, -0.25) is 4.79 Å². The lowest BCUT2D eigenvalue weighted by atomic mass is 9.94. The smallest absolute Gasteiger partial charge is 0.294 e. The number of nitrogens with zero attached hydrogens (tertiary/aromatic N) is 6. The van der Waals surface area contributed by atoms with Crippen molar-refractivity contribution in [3.05, 3.63) is 41.1 Å². The predicted octanol–water partition coefficient (Wildman–Crippen LogP) is 0.992. The molecule has 1 unspecified atom stereocenters. The number of hydrazone groups is 1. The van der Waals surface area contributed by atoms with E-state index in [2.05, 4.69) is 38.2 Å². The molecule has 0 spiro atoms. The van der Waals surface area contributed by atoms with Crippen LogP contribution in [-0.2, 0) is 6.54 Å². The van der Waals surface area contributed by atoms with Crippen LogP contribution in [0.4, 0.5) is 5.82 Å². The summed E-state index contributed by atoms with van der Waals surface area (Å²) in [4.78, 5) is 14.2. The van der Waals surface area contributed by atoms with E-state index in [0.29, 0.717) is 24.0 Å². The number of carbonyl (C=O) groups is 1. The zero-order valence-electron chi connectivity index (χ0n) is 18.7. The number of nitrogens with two attached hydrogens (primary N) is 1. The van der Waals surface area contributed by atoms with Gasteiger partial charge in [-0.15, -0.1) is 5.10 Å². The van der Waals surface area contributed by atoms with Gasteiger partial charge in [0.15, 0.2) is 5.69 Å². The van der Waals surface area contributed by atoms with E-state index in [1.54, 1.807) is 18.4 Å². The van der Waals surface area contributed by atoms with Crippen LogP contribution in [0, 0.1) is 0 Å². The molecule has 3 heterocycles. The van der Waals surface area contributed by atoms with Gasteiger partial charge in [0.2, 0.25) is 11.6 Å². The molecule has 12 heteroatoms. The van der Waals surface area contributed by atoms with Crippen LogP contribution < -0.4 is 16.1 Å². The number of amides is 1. The average molecular weight is 455 g/mol. The lowest BCUT2D eigenvalue weighted by Gasteiger charge is -2.28. The molecule has 1 aliphatic rings. The number of hydrogen-bond acceptors (Lipinski definition) is 9. The number of allylic oxidation sites excluding steroid dienone is 1. The zero-order valence-corrected chi connectivity index (χ0v) is 18.7. The van der Waals surface area contributed by atoms with Crippen molar-refractivity contribution >= 4 is 24.0 Å². The molecule has 0 aromatic carbocycles. The van der Waals surface area contributed by atoms with Gasteiger partial charge in [0.1, 0.15) is 18.0 Å². The van der Waals surface area contributed by atoms with Crippen molar-refractivity contribution in [2.45, 2.75) is 51.6 Å². The van der Waals surface area contributed by atoms with Gasteiger partial charge in [0, 0.05) is 0 Å². The molecule has 4 rings (SSSR count). The Hall–Kier alpha value is -3.80. The number of quaternary nitrogens is 1. The second-order valence-corrected chi connectivity index (χ2v) is 8.23. The van der Waals surface area contributed by atoms with Crippen molar-refractivity contribution < 1.29 is 18.7 Å². The number of anilines is 1. The highest BCUT2D eigenvalue weighted by Gasteiger charge is 2.29. The maximum atomic E-state index is 12.9. The summed E-state index contributed by atoms with van der Waals surface area (Å²) in [5, 5.41) is 19.7. The minimum Gasteiger partial charge on any atom is -0.465 e. The second kappa shape index (κ2) is 10.2. The first-order valence-corrected chi connectivity index (χ1v) is 10.9. The average Bonchev–Trinajstić information content (AvgIpc) is 3.56. The predicted molar refractivity (Wildman–Crippen MR) is 119 cm³/mol. The molecule has 33 heavy (non-hydrogen) atoms. The number of carbonyl (C=O) groups excluding carboxylic acids is 1. The summed E-state index contributed by atoms with van der Waals surface area (Å²) in [5.41, 5.74) is 9.91. The van der Waals surface area contributed by atoms with E-state index in [9.17, 15) is 4.79 Å². The van der Waals surface area contributed by atoms with E-state index in [4.69, 9.17) is 14.8 Å². The quantitative estimate of drug-likeness (QED) is 0.336. The van der Waals surface area contributed by atoms with Gasteiger partial charge >= 0.3 is 0 Å². The Bertz CT molecular complexity index is 1120. The Labute approximate surface area is 190 Å². The molecule has 1 amide bonds. The van der Waals surface area contributed by atoms with Gasteiger partial charge in [0.05, 0.1) is 25.6 Å². The third kappa shape index (κ3) is 5.34. The van der Waals surface area contributed by atoms with Crippen LogP contribution in [0.25, 0.3) is 11.9 Å². The fourth-order valence-electron chi connectivity index (χ4n) is 4.03. The first kappa shape index (κ1) is 22.4. The van der Waals surface area contributed by atoms with Crippen molar-refractivity contribution in [1.82, 2.24) is 30.7 Å². The Morgan fingerprint density at radius 2 is 2.18 bits per heavy atom. The summed E-state index contributed by atoms with van der Waals surface area (Å²) in [7, 11) is 2.11. The van der Waals surface area contributed by atoms with Gasteiger partial charge in [-0.05, 0) is 66.7 Å². The first-order chi connectivity index (χ1) is 16.0. The van der Waals surface area contributed by atoms with E-state index < -0.39 is 5.91 Å². The summed E-state index contributed by atoms with van der Waals surface area (Å²) in [6, 6.07) is 4.13. The van der Waals surface area contributed by atoms with Crippen molar-refractivity contribution in [3.63, 3.8) is 0 Å². The highest BCUT2D eigenvalue weighted by molar-refractivity contribution is 5.94. The molecule has 1 fully saturated rings. The van der Waals surface area contributed by atoms with Crippen molar-refractivity contribution in [1.29, 1.82) is 0 Å². The standard InChI is InChI=1S/C21H27N9O3/c1-14(11-16-9-6-10-32-16)12-23-25-21(31)18-17(13-29(2)15-7-4-3-5-8-15)30(28-24-18)20-19(22)26-33-27-20/h6,9-12,15H,3-5,7-8,13H2,1-2H3,(H2,22,26)(H,25,31)/p+1/b14-11+,23-12-. The van der Waals surface area contributed by atoms with E-state index in [0.717, 1.165) is 18.4 Å². The monoisotopic (exact) mass is 454 g/mol. The van der Waals surface area contributed by atoms with Crippen LogP contribution in [0.15, 0.2) is 38.1 Å². The molecule has 174 valence electrons. The topological polar surface area (TPSA) is 155 Å². The lowest BCUT2D eigenvalue weighted by molar-refractivity contribution is -0.921. The molecule has 1 saturated carbocycles. The largest absolute Gasteiger partial charge is 0.465 e. The summed E-state index contributed by atoms with van der Waals surface area (Å²) in [6.45, 7) is 2.36. The SMILES string of the molecule is CC(/C=N\NC(=O)c1nnn(-c2nonc2N)c1C[NH+](C)C1CCCCC1)=C\c1ccco1. The third-order valence-corrected chi connectivity index (χ3v) is 5.77. The van der Waals surface area contributed by atoms with Crippen LogP contribution in [0.1, 0.15) is 61.0 Å².